The van der Waals surface area contributed by atoms with Crippen LogP contribution in [0.4, 0.5) is 0 Å². The molecule has 0 fully saturated rings. The molecule has 0 bridgehead atoms. The van der Waals surface area contributed by atoms with Gasteiger partial charge in [0.25, 0.3) is 0 Å². The third-order valence-electron chi connectivity index (χ3n) is 4.54. The zero-order valence-electron chi connectivity index (χ0n) is 17.2. The van der Waals surface area contributed by atoms with Crippen molar-refractivity contribution in [2.75, 3.05) is 26.4 Å². The molecule has 8 heteroatoms. The van der Waals surface area contributed by atoms with Crippen molar-refractivity contribution < 1.29 is 18.0 Å². The van der Waals surface area contributed by atoms with Gasteiger partial charge in [0.15, 0.2) is 0 Å². The van der Waals surface area contributed by atoms with Gasteiger partial charge in [-0.2, -0.15) is 4.31 Å². The molecule has 7 nitrogen and oxygen atoms in total. The van der Waals surface area contributed by atoms with Gasteiger partial charge in [-0.1, -0.05) is 66.7 Å². The summed E-state index contributed by atoms with van der Waals surface area (Å²) in [4.78, 5) is 27.7. The number of carbonyl (C=O) groups is 2. The summed E-state index contributed by atoms with van der Waals surface area (Å²) in [5.41, 5.74) is 1.45. The van der Waals surface area contributed by atoms with Crippen LogP contribution in [0.2, 0.25) is 0 Å². The maximum absolute atomic E-state index is 13.2. The SMILES string of the molecule is C=CCNC(=O)[C@@H](c1ccccc1)N(Cc1ccccc1)C(=O)CN(C)S(C)(=O)=O. The van der Waals surface area contributed by atoms with Crippen LogP contribution in [0.3, 0.4) is 0 Å². The molecule has 2 aromatic rings. The zero-order valence-corrected chi connectivity index (χ0v) is 18.0. The number of carbonyl (C=O) groups excluding carboxylic acids is 2. The van der Waals surface area contributed by atoms with Crippen molar-refractivity contribution in [2.45, 2.75) is 12.6 Å². The van der Waals surface area contributed by atoms with E-state index in [1.165, 1.54) is 11.9 Å². The van der Waals surface area contributed by atoms with Gasteiger partial charge in [0.1, 0.15) is 6.04 Å². The molecule has 0 spiro atoms. The molecule has 2 rings (SSSR count). The number of benzene rings is 2. The molecule has 0 unspecified atom stereocenters. The summed E-state index contributed by atoms with van der Waals surface area (Å²) in [6.45, 7) is 3.64. The Morgan fingerprint density at radius 2 is 1.63 bits per heavy atom. The number of nitrogens with one attached hydrogen (secondary N) is 1. The molecule has 0 aliphatic rings. The maximum atomic E-state index is 13.2. The fourth-order valence-electron chi connectivity index (χ4n) is 2.88. The third kappa shape index (κ3) is 6.53. The van der Waals surface area contributed by atoms with E-state index in [1.807, 2.05) is 36.4 Å². The Bertz CT molecular complexity index is 962. The Morgan fingerprint density at radius 3 is 2.17 bits per heavy atom. The van der Waals surface area contributed by atoms with Crippen molar-refractivity contribution >= 4 is 21.8 Å². The predicted octanol–water partition coefficient (Wildman–Crippen LogP) is 1.95. The second kappa shape index (κ2) is 10.7. The lowest BCUT2D eigenvalue weighted by molar-refractivity contribution is -0.141. The Labute approximate surface area is 178 Å². The van der Waals surface area contributed by atoms with E-state index in [2.05, 4.69) is 11.9 Å². The van der Waals surface area contributed by atoms with Crippen molar-refractivity contribution in [2.24, 2.45) is 0 Å². The van der Waals surface area contributed by atoms with Crippen LogP contribution in [-0.4, -0.2) is 55.8 Å². The van der Waals surface area contributed by atoms with E-state index in [0.29, 0.717) is 5.56 Å². The molecule has 2 amide bonds. The summed E-state index contributed by atoms with van der Waals surface area (Å²) in [5, 5.41) is 2.75. The minimum Gasteiger partial charge on any atom is -0.351 e. The van der Waals surface area contributed by atoms with E-state index >= 15 is 0 Å². The minimum atomic E-state index is -3.56. The van der Waals surface area contributed by atoms with E-state index in [-0.39, 0.29) is 25.5 Å². The van der Waals surface area contributed by atoms with Crippen molar-refractivity contribution in [3.05, 3.63) is 84.4 Å². The zero-order chi connectivity index (χ0) is 22.1. The van der Waals surface area contributed by atoms with Gasteiger partial charge in [0.2, 0.25) is 21.8 Å². The summed E-state index contributed by atoms with van der Waals surface area (Å²) >= 11 is 0. The van der Waals surface area contributed by atoms with Crippen LogP contribution < -0.4 is 5.32 Å². The van der Waals surface area contributed by atoms with Gasteiger partial charge < -0.3 is 10.2 Å². The van der Waals surface area contributed by atoms with Crippen LogP contribution in [0, 0.1) is 0 Å². The average Bonchev–Trinajstić information content (AvgIpc) is 2.72. The molecule has 0 aromatic heterocycles. The molecular formula is C22H27N3O4S. The molecule has 30 heavy (non-hydrogen) atoms. The molecule has 0 heterocycles. The molecule has 160 valence electrons. The number of amides is 2. The standard InChI is InChI=1S/C22H27N3O4S/c1-4-15-23-22(27)21(19-13-9-6-10-14-19)25(16-18-11-7-5-8-12-18)20(26)17-24(2)30(3,28)29/h4-14,21H,1,15-17H2,2-3H3,(H,23,27)/t21-/m1/s1. The molecule has 0 saturated carbocycles. The first-order valence-corrected chi connectivity index (χ1v) is 11.3. The highest BCUT2D eigenvalue weighted by atomic mass is 32.2. The van der Waals surface area contributed by atoms with Gasteiger partial charge in [-0.3, -0.25) is 9.59 Å². The molecule has 1 N–H and O–H groups in total. The van der Waals surface area contributed by atoms with Crippen LogP contribution in [0.15, 0.2) is 73.3 Å². The monoisotopic (exact) mass is 429 g/mol. The third-order valence-corrected chi connectivity index (χ3v) is 5.80. The number of hydrogen-bond donors (Lipinski definition) is 1. The molecule has 0 radical (unpaired) electrons. The molecule has 0 saturated heterocycles. The number of likely N-dealkylation sites (N-methyl/N-ethyl adjacent to an activating group) is 1. The van der Waals surface area contributed by atoms with Crippen LogP contribution in [0.25, 0.3) is 0 Å². The van der Waals surface area contributed by atoms with Crippen LogP contribution in [0.5, 0.6) is 0 Å². The molecule has 1 atom stereocenters. The lowest BCUT2D eigenvalue weighted by Crippen LogP contribution is -2.47. The Morgan fingerprint density at radius 1 is 1.07 bits per heavy atom. The highest BCUT2D eigenvalue weighted by Gasteiger charge is 2.32. The van der Waals surface area contributed by atoms with Gasteiger partial charge in [0.05, 0.1) is 12.8 Å². The van der Waals surface area contributed by atoms with E-state index in [0.717, 1.165) is 16.1 Å². The van der Waals surface area contributed by atoms with Crippen molar-refractivity contribution in [1.29, 1.82) is 0 Å². The second-order valence-electron chi connectivity index (χ2n) is 6.87. The van der Waals surface area contributed by atoms with Gasteiger partial charge in [-0.05, 0) is 11.1 Å². The van der Waals surface area contributed by atoms with Crippen LogP contribution >= 0.6 is 0 Å². The molecule has 0 aliphatic carbocycles. The first-order valence-electron chi connectivity index (χ1n) is 9.42. The van der Waals surface area contributed by atoms with Crippen molar-refractivity contribution in [1.82, 2.24) is 14.5 Å². The van der Waals surface area contributed by atoms with Crippen molar-refractivity contribution in [3.63, 3.8) is 0 Å². The van der Waals surface area contributed by atoms with Gasteiger partial charge >= 0.3 is 0 Å². The Hall–Kier alpha value is -2.97. The predicted molar refractivity (Wildman–Crippen MR) is 117 cm³/mol. The average molecular weight is 430 g/mol. The summed E-state index contributed by atoms with van der Waals surface area (Å²) in [5.74, 6) is -0.846. The van der Waals surface area contributed by atoms with Gasteiger partial charge in [0, 0.05) is 20.1 Å². The highest BCUT2D eigenvalue weighted by molar-refractivity contribution is 7.88. The Kier molecular flexibility index (Phi) is 8.32. The van der Waals surface area contributed by atoms with Crippen LogP contribution in [0.1, 0.15) is 17.2 Å². The summed E-state index contributed by atoms with van der Waals surface area (Å²) in [6.07, 6.45) is 2.59. The molecular weight excluding hydrogens is 402 g/mol. The maximum Gasteiger partial charge on any atom is 0.247 e. The largest absolute Gasteiger partial charge is 0.351 e. The van der Waals surface area contributed by atoms with Gasteiger partial charge in [-0.15, -0.1) is 6.58 Å². The first-order chi connectivity index (χ1) is 14.2. The lowest BCUT2D eigenvalue weighted by Gasteiger charge is -2.32. The van der Waals surface area contributed by atoms with E-state index in [9.17, 15) is 18.0 Å². The number of rotatable bonds is 10. The minimum absolute atomic E-state index is 0.151. The van der Waals surface area contributed by atoms with E-state index < -0.39 is 22.0 Å². The second-order valence-corrected chi connectivity index (χ2v) is 8.96. The molecule has 2 aromatic carbocycles. The smallest absolute Gasteiger partial charge is 0.247 e. The number of sulfonamides is 1. The summed E-state index contributed by atoms with van der Waals surface area (Å²) < 4.78 is 24.6. The van der Waals surface area contributed by atoms with Gasteiger partial charge in [-0.25, -0.2) is 8.42 Å². The first kappa shape index (κ1) is 23.3. The fourth-order valence-corrected chi connectivity index (χ4v) is 3.22. The summed E-state index contributed by atoms with van der Waals surface area (Å²) in [6, 6.07) is 17.3. The normalized spacial score (nSPS) is 12.2. The quantitative estimate of drug-likeness (QED) is 0.585. The topological polar surface area (TPSA) is 86.8 Å². The number of nitrogens with zero attached hydrogens (tertiary/aromatic N) is 2. The summed E-state index contributed by atoms with van der Waals surface area (Å²) in [7, 11) is -2.22. The van der Waals surface area contributed by atoms with Crippen molar-refractivity contribution in [3.8, 4) is 0 Å². The molecule has 0 aliphatic heterocycles. The Balaban J connectivity index is 2.46. The van der Waals surface area contributed by atoms with E-state index in [4.69, 9.17) is 0 Å². The lowest BCUT2D eigenvalue weighted by atomic mass is 10.0. The van der Waals surface area contributed by atoms with Crippen LogP contribution in [-0.2, 0) is 26.2 Å². The highest BCUT2D eigenvalue weighted by Crippen LogP contribution is 2.24. The number of hydrogen-bond acceptors (Lipinski definition) is 4. The fraction of sp³-hybridized carbons (Fsp3) is 0.273. The van der Waals surface area contributed by atoms with E-state index in [1.54, 1.807) is 30.3 Å².